The molecule has 1 fully saturated rings. The summed E-state index contributed by atoms with van der Waals surface area (Å²) in [7, 11) is -3.47. The summed E-state index contributed by atoms with van der Waals surface area (Å²) in [6, 6.07) is 3.95. The van der Waals surface area contributed by atoms with Crippen molar-refractivity contribution in [1.82, 2.24) is 14.6 Å². The highest BCUT2D eigenvalue weighted by molar-refractivity contribution is 7.89. The van der Waals surface area contributed by atoms with E-state index in [2.05, 4.69) is 10.3 Å². The van der Waals surface area contributed by atoms with Crippen LogP contribution in [0.3, 0.4) is 0 Å². The normalized spacial score (nSPS) is 27.4. The fourth-order valence-electron chi connectivity index (χ4n) is 3.84. The third kappa shape index (κ3) is 1.66. The number of sulfonamides is 1. The molecule has 2 aliphatic heterocycles. The van der Waals surface area contributed by atoms with E-state index in [1.54, 1.807) is 16.7 Å². The molecule has 1 saturated heterocycles. The summed E-state index contributed by atoms with van der Waals surface area (Å²) in [5.74, 6) is 0. The van der Waals surface area contributed by atoms with Crippen molar-refractivity contribution >= 4 is 20.8 Å². The number of aryl methyl sites for hydroxylation is 1. The second-order valence-corrected chi connectivity index (χ2v) is 8.18. The smallest absolute Gasteiger partial charge is 0.244 e. The van der Waals surface area contributed by atoms with E-state index in [1.807, 2.05) is 26.0 Å². The average molecular weight is 317 g/mol. The summed E-state index contributed by atoms with van der Waals surface area (Å²) < 4.78 is 28.1. The van der Waals surface area contributed by atoms with Crippen LogP contribution in [0.5, 0.6) is 0 Å². The number of aromatic nitrogens is 1. The van der Waals surface area contributed by atoms with Gasteiger partial charge in [-0.15, -0.1) is 0 Å². The maximum Gasteiger partial charge on any atom is 0.244 e. The average Bonchev–Trinajstić information content (AvgIpc) is 2.63. The largest absolute Gasteiger partial charge is 0.314 e. The van der Waals surface area contributed by atoms with Crippen molar-refractivity contribution in [1.29, 1.82) is 0 Å². The molecule has 1 N–H and O–H groups in total. The first-order valence-corrected chi connectivity index (χ1v) is 9.02. The maximum absolute atomic E-state index is 13.2. The minimum atomic E-state index is -3.47. The van der Waals surface area contributed by atoms with Gasteiger partial charge in [0.1, 0.15) is 0 Å². The Hall–Kier alpha value is -1.50. The van der Waals surface area contributed by atoms with Crippen molar-refractivity contribution in [3.63, 3.8) is 0 Å². The van der Waals surface area contributed by atoms with E-state index in [-0.39, 0.29) is 0 Å². The minimum absolute atomic E-state index is 0.483. The molecule has 0 radical (unpaired) electrons. The highest BCUT2D eigenvalue weighted by Crippen LogP contribution is 2.47. The Morgan fingerprint density at radius 1 is 1.32 bits per heavy atom. The van der Waals surface area contributed by atoms with Gasteiger partial charge in [0.2, 0.25) is 10.0 Å². The number of nitrogens with one attached hydrogen (secondary N) is 1. The van der Waals surface area contributed by atoms with Crippen LogP contribution in [0.1, 0.15) is 24.5 Å². The molecule has 6 heteroatoms. The third-order valence-electron chi connectivity index (χ3n) is 4.93. The van der Waals surface area contributed by atoms with Crippen molar-refractivity contribution in [2.24, 2.45) is 0 Å². The molecule has 1 aromatic carbocycles. The molecule has 0 spiro atoms. The van der Waals surface area contributed by atoms with E-state index < -0.39 is 15.6 Å². The standard InChI is InChI=1S/C16H19N3O2S/c1-11-8-18-9-12-4-5-13-15(14(11)12)22(20,21)19-7-3-6-17-10-16(13,19)2/h4-5,8-9,17H,3,6-7,10H2,1-2H3. The van der Waals surface area contributed by atoms with Gasteiger partial charge in [0.15, 0.2) is 0 Å². The lowest BCUT2D eigenvalue weighted by Crippen LogP contribution is -2.45. The van der Waals surface area contributed by atoms with Gasteiger partial charge in [-0.2, -0.15) is 4.31 Å². The molecule has 5 nitrogen and oxygen atoms in total. The lowest BCUT2D eigenvalue weighted by Gasteiger charge is -2.32. The van der Waals surface area contributed by atoms with Crippen LogP contribution in [0.2, 0.25) is 0 Å². The zero-order chi connectivity index (χ0) is 15.5. The van der Waals surface area contributed by atoms with Gasteiger partial charge in [-0.3, -0.25) is 4.98 Å². The lowest BCUT2D eigenvalue weighted by atomic mass is 9.90. The molecular weight excluding hydrogens is 298 g/mol. The first-order valence-electron chi connectivity index (χ1n) is 7.57. The van der Waals surface area contributed by atoms with Crippen molar-refractivity contribution in [3.05, 3.63) is 35.7 Å². The number of benzene rings is 1. The molecule has 0 bridgehead atoms. The number of nitrogens with zero attached hydrogens (tertiary/aromatic N) is 2. The van der Waals surface area contributed by atoms with Gasteiger partial charge in [-0.25, -0.2) is 8.42 Å². The Bertz CT molecular complexity index is 878. The molecule has 2 aromatic rings. The summed E-state index contributed by atoms with van der Waals surface area (Å²) in [5, 5.41) is 5.09. The molecule has 0 amide bonds. The molecule has 0 saturated carbocycles. The molecular formula is C16H19N3O2S. The number of rotatable bonds is 0. The van der Waals surface area contributed by atoms with Gasteiger partial charge >= 0.3 is 0 Å². The van der Waals surface area contributed by atoms with Crippen molar-refractivity contribution in [2.45, 2.75) is 30.7 Å². The van der Waals surface area contributed by atoms with Crippen molar-refractivity contribution in [2.75, 3.05) is 19.6 Å². The van der Waals surface area contributed by atoms with Crippen LogP contribution in [0.15, 0.2) is 29.4 Å². The molecule has 22 heavy (non-hydrogen) atoms. The van der Waals surface area contributed by atoms with Gasteiger partial charge in [0.25, 0.3) is 0 Å². The van der Waals surface area contributed by atoms with E-state index >= 15 is 0 Å². The molecule has 0 aliphatic carbocycles. The Kier molecular flexibility index (Phi) is 2.89. The SMILES string of the molecule is Cc1cncc2ccc3c(c12)S(=O)(=O)N1CCCNCC31C. The quantitative estimate of drug-likeness (QED) is 0.804. The Labute approximate surface area is 130 Å². The molecule has 116 valence electrons. The van der Waals surface area contributed by atoms with E-state index in [4.69, 9.17) is 0 Å². The Morgan fingerprint density at radius 3 is 2.95 bits per heavy atom. The molecule has 1 atom stereocenters. The maximum atomic E-state index is 13.2. The second-order valence-electron chi connectivity index (χ2n) is 6.38. The van der Waals surface area contributed by atoms with Crippen LogP contribution in [0.4, 0.5) is 0 Å². The van der Waals surface area contributed by atoms with Crippen molar-refractivity contribution < 1.29 is 8.42 Å². The summed E-state index contributed by atoms with van der Waals surface area (Å²) in [4.78, 5) is 4.67. The fourth-order valence-corrected chi connectivity index (χ4v) is 6.22. The predicted octanol–water partition coefficient (Wildman–Crippen LogP) is 1.76. The van der Waals surface area contributed by atoms with Gasteiger partial charge < -0.3 is 5.32 Å². The number of pyridine rings is 1. The van der Waals surface area contributed by atoms with Gasteiger partial charge in [0.05, 0.1) is 10.4 Å². The van der Waals surface area contributed by atoms with Crippen LogP contribution >= 0.6 is 0 Å². The topological polar surface area (TPSA) is 62.3 Å². The van der Waals surface area contributed by atoms with Gasteiger partial charge in [0, 0.05) is 36.3 Å². The number of fused-ring (bicyclic) bond motifs is 5. The van der Waals surface area contributed by atoms with Crippen LogP contribution in [0, 0.1) is 6.92 Å². The molecule has 4 rings (SSSR count). The van der Waals surface area contributed by atoms with Crippen molar-refractivity contribution in [3.8, 4) is 0 Å². The first kappa shape index (κ1) is 14.1. The number of hydrogen-bond acceptors (Lipinski definition) is 4. The van der Waals surface area contributed by atoms with Crippen LogP contribution in [-0.4, -0.2) is 37.3 Å². The Balaban J connectivity index is 2.13. The minimum Gasteiger partial charge on any atom is -0.314 e. The second kappa shape index (κ2) is 4.50. The summed E-state index contributed by atoms with van der Waals surface area (Å²) in [5.41, 5.74) is 1.31. The molecule has 1 unspecified atom stereocenters. The zero-order valence-corrected chi connectivity index (χ0v) is 13.6. The van der Waals surface area contributed by atoms with E-state index in [0.717, 1.165) is 34.9 Å². The highest BCUT2D eigenvalue weighted by atomic mass is 32.2. The van der Waals surface area contributed by atoms with Gasteiger partial charge in [-0.1, -0.05) is 12.1 Å². The predicted molar refractivity (Wildman–Crippen MR) is 85.2 cm³/mol. The fraction of sp³-hybridized carbons (Fsp3) is 0.438. The first-order chi connectivity index (χ1) is 10.5. The summed E-state index contributed by atoms with van der Waals surface area (Å²) >= 11 is 0. The third-order valence-corrected chi connectivity index (χ3v) is 7.03. The van der Waals surface area contributed by atoms with E-state index in [0.29, 0.717) is 18.0 Å². The summed E-state index contributed by atoms with van der Waals surface area (Å²) in [6.07, 6.45) is 4.31. The highest BCUT2D eigenvalue weighted by Gasteiger charge is 2.52. The Morgan fingerprint density at radius 2 is 2.14 bits per heavy atom. The van der Waals surface area contributed by atoms with Crippen LogP contribution in [-0.2, 0) is 15.6 Å². The molecule has 2 aliphatic rings. The van der Waals surface area contributed by atoms with Gasteiger partial charge in [-0.05, 0) is 37.9 Å². The summed E-state index contributed by atoms with van der Waals surface area (Å²) in [6.45, 7) is 6.01. The van der Waals surface area contributed by atoms with E-state index in [1.165, 1.54) is 0 Å². The monoisotopic (exact) mass is 317 g/mol. The zero-order valence-electron chi connectivity index (χ0n) is 12.8. The van der Waals surface area contributed by atoms with Crippen LogP contribution < -0.4 is 5.32 Å². The molecule has 1 aromatic heterocycles. The van der Waals surface area contributed by atoms with E-state index in [9.17, 15) is 8.42 Å². The van der Waals surface area contributed by atoms with Crippen LogP contribution in [0.25, 0.3) is 10.8 Å². The molecule has 3 heterocycles. The lowest BCUT2D eigenvalue weighted by molar-refractivity contribution is 0.236. The number of hydrogen-bond donors (Lipinski definition) is 1.